The number of fused-ring (bicyclic) bond motifs is 1. The van der Waals surface area contributed by atoms with E-state index in [1.54, 1.807) is 12.0 Å². The van der Waals surface area contributed by atoms with E-state index in [4.69, 9.17) is 9.47 Å². The molecule has 0 fully saturated rings. The minimum atomic E-state index is -0.185. The Morgan fingerprint density at radius 3 is 2.43 bits per heavy atom. The summed E-state index contributed by atoms with van der Waals surface area (Å²) in [6.07, 6.45) is 2.18. The predicted molar refractivity (Wildman–Crippen MR) is 104 cm³/mol. The van der Waals surface area contributed by atoms with Crippen molar-refractivity contribution in [3.05, 3.63) is 72.1 Å². The number of carbonyl (C=O) groups is 1. The fourth-order valence-corrected chi connectivity index (χ4v) is 3.73. The van der Waals surface area contributed by atoms with Gasteiger partial charge in [-0.2, -0.15) is 10.1 Å². The summed E-state index contributed by atoms with van der Waals surface area (Å²) in [5.74, 6) is 1.16. The number of nitrogens with zero attached hydrogens (tertiary/aromatic N) is 4. The average molecular weight is 378 g/mol. The van der Waals surface area contributed by atoms with E-state index in [9.17, 15) is 4.79 Å². The predicted octanol–water partition coefficient (Wildman–Crippen LogP) is 3.00. The molecule has 28 heavy (non-hydrogen) atoms. The van der Waals surface area contributed by atoms with Crippen LogP contribution in [0, 0.1) is 0 Å². The number of hydrogen-bond donors (Lipinski definition) is 0. The number of methoxy groups -OCH3 is 2. The lowest BCUT2D eigenvalue weighted by Crippen LogP contribution is -2.44. The van der Waals surface area contributed by atoms with E-state index >= 15 is 0 Å². The van der Waals surface area contributed by atoms with Gasteiger partial charge in [-0.25, -0.2) is 4.68 Å². The number of rotatable bonds is 5. The molecule has 2 heterocycles. The Kier molecular flexibility index (Phi) is 5.08. The topological polar surface area (TPSA) is 69.5 Å². The van der Waals surface area contributed by atoms with E-state index in [1.165, 1.54) is 13.4 Å². The van der Waals surface area contributed by atoms with Gasteiger partial charge in [0.25, 0.3) is 5.91 Å². The summed E-state index contributed by atoms with van der Waals surface area (Å²) in [6, 6.07) is 17.8. The van der Waals surface area contributed by atoms with Gasteiger partial charge in [-0.15, -0.1) is 0 Å². The molecule has 7 heteroatoms. The van der Waals surface area contributed by atoms with E-state index < -0.39 is 0 Å². The molecule has 0 saturated heterocycles. The second kappa shape index (κ2) is 7.82. The van der Waals surface area contributed by atoms with Gasteiger partial charge in [-0.05, 0) is 29.7 Å². The molecule has 3 aromatic rings. The molecule has 4 rings (SSSR count). The summed E-state index contributed by atoms with van der Waals surface area (Å²) in [5, 5.41) is 4.41. The zero-order valence-electron chi connectivity index (χ0n) is 15.9. The van der Waals surface area contributed by atoms with E-state index in [0.717, 1.165) is 16.9 Å². The van der Waals surface area contributed by atoms with Crippen molar-refractivity contribution in [1.29, 1.82) is 0 Å². The molecule has 1 aliphatic rings. The van der Waals surface area contributed by atoms with E-state index in [2.05, 4.69) is 22.2 Å². The minimum Gasteiger partial charge on any atom is -0.497 e. The standard InChI is InChI=1S/C21H22N4O3/c1-27-13-20(26)24-18(16-8-10-17(28-2)11-9-16)12-19(15-6-4-3-5-7-15)25-21(24)22-14-23-25/h3-11,14,18-19H,12-13H2,1-2H3/t18-,19-/m1/s1. The van der Waals surface area contributed by atoms with Crippen LogP contribution in [0.5, 0.6) is 5.75 Å². The molecule has 0 radical (unpaired) electrons. The number of carbonyl (C=O) groups excluding carboxylic acids is 1. The Labute approximate surface area is 163 Å². The third-order valence-corrected chi connectivity index (χ3v) is 5.04. The van der Waals surface area contributed by atoms with Crippen LogP contribution in [0.15, 0.2) is 60.9 Å². The van der Waals surface area contributed by atoms with Crippen molar-refractivity contribution in [2.75, 3.05) is 25.7 Å². The fourth-order valence-electron chi connectivity index (χ4n) is 3.73. The van der Waals surface area contributed by atoms with Gasteiger partial charge in [0.05, 0.1) is 19.2 Å². The van der Waals surface area contributed by atoms with Crippen molar-refractivity contribution in [1.82, 2.24) is 14.8 Å². The maximum atomic E-state index is 12.9. The van der Waals surface area contributed by atoms with Crippen LogP contribution in [0.3, 0.4) is 0 Å². The van der Waals surface area contributed by atoms with Crippen LogP contribution in [0.25, 0.3) is 0 Å². The maximum Gasteiger partial charge on any atom is 0.255 e. The van der Waals surface area contributed by atoms with Crippen molar-refractivity contribution >= 4 is 11.9 Å². The molecule has 0 aliphatic carbocycles. The smallest absolute Gasteiger partial charge is 0.255 e. The summed E-state index contributed by atoms with van der Waals surface area (Å²) < 4.78 is 12.2. The van der Waals surface area contributed by atoms with E-state index in [1.807, 2.05) is 47.1 Å². The average Bonchev–Trinajstić information content (AvgIpc) is 3.23. The van der Waals surface area contributed by atoms with Gasteiger partial charge >= 0.3 is 0 Å². The molecular formula is C21H22N4O3. The molecule has 7 nitrogen and oxygen atoms in total. The molecule has 2 aromatic carbocycles. The lowest BCUT2D eigenvalue weighted by atomic mass is 9.92. The van der Waals surface area contributed by atoms with E-state index in [0.29, 0.717) is 12.4 Å². The number of anilines is 1. The van der Waals surface area contributed by atoms with Crippen LogP contribution < -0.4 is 9.64 Å². The molecule has 144 valence electrons. The molecule has 0 N–H and O–H groups in total. The summed E-state index contributed by atoms with van der Waals surface area (Å²) >= 11 is 0. The minimum absolute atomic E-state index is 0.0163. The lowest BCUT2D eigenvalue weighted by Gasteiger charge is -2.39. The summed E-state index contributed by atoms with van der Waals surface area (Å²) in [6.45, 7) is -0.0183. The SMILES string of the molecule is COCC(=O)N1c2ncnn2[C@@H](c2ccccc2)C[C@@H]1c1ccc(OC)cc1. The summed E-state index contributed by atoms with van der Waals surface area (Å²) in [4.78, 5) is 19.0. The highest BCUT2D eigenvalue weighted by Gasteiger charge is 2.39. The summed E-state index contributed by atoms with van der Waals surface area (Å²) in [5.41, 5.74) is 2.15. The van der Waals surface area contributed by atoms with Crippen molar-refractivity contribution in [3.8, 4) is 5.75 Å². The highest BCUT2D eigenvalue weighted by atomic mass is 16.5. The van der Waals surface area contributed by atoms with Gasteiger partial charge in [0.1, 0.15) is 18.7 Å². The van der Waals surface area contributed by atoms with Crippen LogP contribution in [0.2, 0.25) is 0 Å². The van der Waals surface area contributed by atoms with Crippen LogP contribution in [-0.4, -0.2) is 41.5 Å². The highest BCUT2D eigenvalue weighted by Crippen LogP contribution is 2.41. The molecule has 2 atom stereocenters. The second-order valence-electron chi connectivity index (χ2n) is 6.65. The first-order chi connectivity index (χ1) is 13.7. The molecule has 0 saturated carbocycles. The Morgan fingerprint density at radius 1 is 1.04 bits per heavy atom. The number of hydrogen-bond acceptors (Lipinski definition) is 5. The van der Waals surface area contributed by atoms with Gasteiger partial charge in [0, 0.05) is 7.11 Å². The molecule has 0 unspecified atom stereocenters. The van der Waals surface area contributed by atoms with Gasteiger partial charge in [-0.3, -0.25) is 9.69 Å². The number of benzene rings is 2. The van der Waals surface area contributed by atoms with Gasteiger partial charge in [-0.1, -0.05) is 42.5 Å². The highest BCUT2D eigenvalue weighted by molar-refractivity contribution is 5.93. The third kappa shape index (κ3) is 3.25. The molecular weight excluding hydrogens is 356 g/mol. The number of ether oxygens (including phenoxy) is 2. The lowest BCUT2D eigenvalue weighted by molar-refractivity contribution is -0.123. The van der Waals surface area contributed by atoms with Crippen LogP contribution >= 0.6 is 0 Å². The van der Waals surface area contributed by atoms with Crippen molar-refractivity contribution in [2.45, 2.75) is 18.5 Å². The molecule has 0 bridgehead atoms. The first kappa shape index (κ1) is 18.2. The summed E-state index contributed by atoms with van der Waals surface area (Å²) in [7, 11) is 3.15. The first-order valence-corrected chi connectivity index (χ1v) is 9.12. The van der Waals surface area contributed by atoms with Crippen molar-refractivity contribution < 1.29 is 14.3 Å². The van der Waals surface area contributed by atoms with E-state index in [-0.39, 0.29) is 24.6 Å². The second-order valence-corrected chi connectivity index (χ2v) is 6.65. The quantitative estimate of drug-likeness (QED) is 0.683. The third-order valence-electron chi connectivity index (χ3n) is 5.04. The number of amides is 1. The molecule has 1 aromatic heterocycles. The van der Waals surface area contributed by atoms with Crippen LogP contribution in [-0.2, 0) is 9.53 Å². The number of aromatic nitrogens is 3. The van der Waals surface area contributed by atoms with Gasteiger partial charge in [0.15, 0.2) is 0 Å². The van der Waals surface area contributed by atoms with Crippen molar-refractivity contribution in [2.24, 2.45) is 0 Å². The molecule has 1 amide bonds. The Morgan fingerprint density at radius 2 is 1.75 bits per heavy atom. The molecule has 1 aliphatic heterocycles. The normalized spacial score (nSPS) is 18.6. The first-order valence-electron chi connectivity index (χ1n) is 9.12. The Balaban J connectivity index is 1.80. The Bertz CT molecular complexity index is 940. The van der Waals surface area contributed by atoms with Crippen LogP contribution in [0.1, 0.15) is 29.6 Å². The van der Waals surface area contributed by atoms with Crippen molar-refractivity contribution in [3.63, 3.8) is 0 Å². The fraction of sp³-hybridized carbons (Fsp3) is 0.286. The maximum absolute atomic E-state index is 12.9. The van der Waals surface area contributed by atoms with Crippen LogP contribution in [0.4, 0.5) is 5.95 Å². The largest absolute Gasteiger partial charge is 0.497 e. The zero-order chi connectivity index (χ0) is 19.5. The van der Waals surface area contributed by atoms with Gasteiger partial charge in [0.2, 0.25) is 5.95 Å². The molecule has 0 spiro atoms. The van der Waals surface area contributed by atoms with Gasteiger partial charge < -0.3 is 9.47 Å². The Hall–Kier alpha value is -3.19. The monoisotopic (exact) mass is 378 g/mol. The zero-order valence-corrected chi connectivity index (χ0v) is 15.9.